The predicted molar refractivity (Wildman–Crippen MR) is 132 cm³/mol. The highest BCUT2D eigenvalue weighted by atomic mass is 35.5. The maximum Gasteiger partial charge on any atom is 0.261 e. The number of benzene rings is 3. The molecule has 0 aliphatic rings. The normalized spacial score (nSPS) is 11.5. The SMILES string of the molecule is CNC(=O)[C@H](Cc1ccccc1)N(Cc1c(Cl)cccc1Cl)C(=O)COc1cccc(Cl)c1. The van der Waals surface area contributed by atoms with E-state index in [-0.39, 0.29) is 19.1 Å². The number of halogens is 3. The zero-order chi connectivity index (χ0) is 23.8. The number of hydrogen-bond acceptors (Lipinski definition) is 3. The molecule has 0 saturated heterocycles. The Morgan fingerprint density at radius 3 is 2.24 bits per heavy atom. The maximum atomic E-state index is 13.4. The van der Waals surface area contributed by atoms with Gasteiger partial charge in [0.05, 0.1) is 0 Å². The third kappa shape index (κ3) is 6.87. The van der Waals surface area contributed by atoms with Gasteiger partial charge in [0, 0.05) is 40.6 Å². The summed E-state index contributed by atoms with van der Waals surface area (Å²) in [5, 5.41) is 3.97. The molecular formula is C25H23Cl3N2O3. The Bertz CT molecular complexity index is 1090. The molecule has 0 bridgehead atoms. The summed E-state index contributed by atoms with van der Waals surface area (Å²) in [5.74, 6) is -0.250. The third-order valence-corrected chi connectivity index (χ3v) is 6.01. The average Bonchev–Trinajstić information content (AvgIpc) is 2.81. The van der Waals surface area contributed by atoms with Crippen LogP contribution in [0.2, 0.25) is 15.1 Å². The smallest absolute Gasteiger partial charge is 0.261 e. The summed E-state index contributed by atoms with van der Waals surface area (Å²) in [6.45, 7) is -0.244. The topological polar surface area (TPSA) is 58.6 Å². The number of rotatable bonds is 9. The fourth-order valence-corrected chi connectivity index (χ4v) is 4.06. The van der Waals surface area contributed by atoms with Gasteiger partial charge in [-0.1, -0.05) is 77.3 Å². The van der Waals surface area contributed by atoms with Crippen molar-refractivity contribution in [2.75, 3.05) is 13.7 Å². The molecule has 0 aromatic heterocycles. The minimum absolute atomic E-state index is 0.0428. The number of nitrogens with one attached hydrogen (secondary N) is 1. The van der Waals surface area contributed by atoms with Crippen molar-refractivity contribution >= 4 is 46.6 Å². The van der Waals surface area contributed by atoms with E-state index in [1.165, 1.54) is 11.9 Å². The first kappa shape index (κ1) is 24.9. The van der Waals surface area contributed by atoms with Gasteiger partial charge in [-0.05, 0) is 35.9 Å². The lowest BCUT2D eigenvalue weighted by atomic mass is 10.0. The zero-order valence-corrected chi connectivity index (χ0v) is 20.2. The lowest BCUT2D eigenvalue weighted by Gasteiger charge is -2.31. The van der Waals surface area contributed by atoms with Gasteiger partial charge in [0.2, 0.25) is 5.91 Å². The largest absolute Gasteiger partial charge is 0.484 e. The summed E-state index contributed by atoms with van der Waals surface area (Å²) in [6, 6.07) is 20.5. The molecule has 3 rings (SSSR count). The van der Waals surface area contributed by atoms with Crippen molar-refractivity contribution in [2.45, 2.75) is 19.0 Å². The molecule has 0 fully saturated rings. The van der Waals surface area contributed by atoms with E-state index in [2.05, 4.69) is 5.32 Å². The van der Waals surface area contributed by atoms with E-state index in [1.54, 1.807) is 42.5 Å². The second-order valence-corrected chi connectivity index (χ2v) is 8.54. The Kier molecular flexibility index (Phi) is 9.01. The van der Waals surface area contributed by atoms with E-state index in [0.29, 0.717) is 32.8 Å². The maximum absolute atomic E-state index is 13.4. The number of carbonyl (C=O) groups excluding carboxylic acids is 2. The molecule has 3 aromatic carbocycles. The predicted octanol–water partition coefficient (Wildman–Crippen LogP) is 5.41. The van der Waals surface area contributed by atoms with Crippen molar-refractivity contribution in [3.63, 3.8) is 0 Å². The fraction of sp³-hybridized carbons (Fsp3) is 0.200. The van der Waals surface area contributed by atoms with Gasteiger partial charge in [0.25, 0.3) is 5.91 Å². The van der Waals surface area contributed by atoms with Gasteiger partial charge >= 0.3 is 0 Å². The first-order valence-corrected chi connectivity index (χ1v) is 11.4. The molecule has 1 N–H and O–H groups in total. The highest BCUT2D eigenvalue weighted by molar-refractivity contribution is 6.36. The first-order valence-electron chi connectivity index (χ1n) is 10.2. The van der Waals surface area contributed by atoms with E-state index < -0.39 is 11.9 Å². The van der Waals surface area contributed by atoms with Gasteiger partial charge in [-0.15, -0.1) is 0 Å². The van der Waals surface area contributed by atoms with Gasteiger partial charge in [0.15, 0.2) is 6.61 Å². The summed E-state index contributed by atoms with van der Waals surface area (Å²) in [5.41, 5.74) is 1.46. The van der Waals surface area contributed by atoms with Crippen molar-refractivity contribution in [3.8, 4) is 5.75 Å². The number of ether oxygens (including phenoxy) is 1. The van der Waals surface area contributed by atoms with Crippen LogP contribution in [-0.4, -0.2) is 36.4 Å². The van der Waals surface area contributed by atoms with E-state index >= 15 is 0 Å². The van der Waals surface area contributed by atoms with Crippen LogP contribution < -0.4 is 10.1 Å². The summed E-state index contributed by atoms with van der Waals surface area (Å²) in [7, 11) is 1.54. The molecule has 0 spiro atoms. The quantitative estimate of drug-likeness (QED) is 0.423. The summed E-state index contributed by atoms with van der Waals surface area (Å²) < 4.78 is 5.67. The molecule has 0 radical (unpaired) electrons. The van der Waals surface area contributed by atoms with Gasteiger partial charge in [0.1, 0.15) is 11.8 Å². The third-order valence-electron chi connectivity index (χ3n) is 5.07. The molecule has 0 heterocycles. The van der Waals surface area contributed by atoms with Gasteiger partial charge in [-0.2, -0.15) is 0 Å². The second-order valence-electron chi connectivity index (χ2n) is 7.29. The number of carbonyl (C=O) groups is 2. The van der Waals surface area contributed by atoms with Gasteiger partial charge < -0.3 is 15.0 Å². The standard InChI is InChI=1S/C25H23Cl3N2O3/c1-29-25(32)23(13-17-7-3-2-4-8-17)30(15-20-21(27)11-6-12-22(20)28)24(31)16-33-19-10-5-9-18(26)14-19/h2-12,14,23H,13,15-16H2,1H3,(H,29,32)/t23-/m0/s1. The van der Waals surface area contributed by atoms with Gasteiger partial charge in [-0.25, -0.2) is 0 Å². The molecule has 33 heavy (non-hydrogen) atoms. The van der Waals surface area contributed by atoms with Crippen LogP contribution in [0.1, 0.15) is 11.1 Å². The molecule has 0 aliphatic carbocycles. The highest BCUT2D eigenvalue weighted by Crippen LogP contribution is 2.27. The van der Waals surface area contributed by atoms with E-state index in [4.69, 9.17) is 39.5 Å². The summed E-state index contributed by atoms with van der Waals surface area (Å²) >= 11 is 18.8. The average molecular weight is 506 g/mol. The van der Waals surface area contributed by atoms with Crippen LogP contribution in [0.15, 0.2) is 72.8 Å². The van der Waals surface area contributed by atoms with Gasteiger partial charge in [-0.3, -0.25) is 9.59 Å². The first-order chi connectivity index (χ1) is 15.9. The molecule has 0 saturated carbocycles. The lowest BCUT2D eigenvalue weighted by Crippen LogP contribution is -2.51. The molecule has 0 unspecified atom stereocenters. The van der Waals surface area contributed by atoms with E-state index in [1.807, 2.05) is 30.3 Å². The van der Waals surface area contributed by atoms with Crippen molar-refractivity contribution in [1.82, 2.24) is 10.2 Å². The summed E-state index contributed by atoms with van der Waals surface area (Å²) in [4.78, 5) is 27.7. The van der Waals surface area contributed by atoms with Crippen LogP contribution in [0.5, 0.6) is 5.75 Å². The molecule has 172 valence electrons. The van der Waals surface area contributed by atoms with Crippen molar-refractivity contribution in [3.05, 3.63) is 99.0 Å². The van der Waals surface area contributed by atoms with E-state index in [0.717, 1.165) is 5.56 Å². The summed E-state index contributed by atoms with van der Waals surface area (Å²) in [6.07, 6.45) is 0.311. The Morgan fingerprint density at radius 2 is 1.61 bits per heavy atom. The van der Waals surface area contributed by atoms with Crippen molar-refractivity contribution < 1.29 is 14.3 Å². The van der Waals surface area contributed by atoms with Crippen LogP contribution >= 0.6 is 34.8 Å². The zero-order valence-electron chi connectivity index (χ0n) is 17.9. The molecule has 8 heteroatoms. The molecule has 3 aromatic rings. The van der Waals surface area contributed by atoms with Crippen LogP contribution in [0, 0.1) is 0 Å². The second kappa shape index (κ2) is 11.9. The molecular weight excluding hydrogens is 483 g/mol. The number of likely N-dealkylation sites (N-methyl/N-ethyl adjacent to an activating group) is 1. The van der Waals surface area contributed by atoms with Crippen LogP contribution in [0.4, 0.5) is 0 Å². The van der Waals surface area contributed by atoms with Crippen LogP contribution in [0.25, 0.3) is 0 Å². The number of hydrogen-bond donors (Lipinski definition) is 1. The number of nitrogens with zero attached hydrogens (tertiary/aromatic N) is 1. The minimum Gasteiger partial charge on any atom is -0.484 e. The fourth-order valence-electron chi connectivity index (χ4n) is 3.36. The van der Waals surface area contributed by atoms with Crippen molar-refractivity contribution in [1.29, 1.82) is 0 Å². The highest BCUT2D eigenvalue weighted by Gasteiger charge is 2.31. The lowest BCUT2D eigenvalue weighted by molar-refractivity contribution is -0.142. The Balaban J connectivity index is 1.92. The Morgan fingerprint density at radius 1 is 0.939 bits per heavy atom. The molecule has 2 amide bonds. The van der Waals surface area contributed by atoms with Crippen LogP contribution in [0.3, 0.4) is 0 Å². The van der Waals surface area contributed by atoms with E-state index in [9.17, 15) is 9.59 Å². The molecule has 5 nitrogen and oxygen atoms in total. The van der Waals surface area contributed by atoms with Crippen LogP contribution in [-0.2, 0) is 22.6 Å². The minimum atomic E-state index is -0.805. The Labute approximate surface area is 208 Å². The molecule has 1 atom stereocenters. The number of amides is 2. The monoisotopic (exact) mass is 504 g/mol. The van der Waals surface area contributed by atoms with Crippen molar-refractivity contribution in [2.24, 2.45) is 0 Å². The molecule has 0 aliphatic heterocycles. The Hall–Kier alpha value is -2.73.